The first-order valence-electron chi connectivity index (χ1n) is 6.48. The van der Waals surface area contributed by atoms with Gasteiger partial charge >= 0.3 is 0 Å². The Morgan fingerprint density at radius 3 is 2.32 bits per heavy atom. The van der Waals surface area contributed by atoms with Gasteiger partial charge in [-0.2, -0.15) is 8.42 Å². The average Bonchev–Trinajstić information content (AvgIpc) is 3.06. The third-order valence-electron chi connectivity index (χ3n) is 3.11. The largest absolute Gasteiger partial charge is 0.497 e. The molecule has 0 aliphatic heterocycles. The van der Waals surface area contributed by atoms with Crippen LogP contribution in [-0.4, -0.2) is 29.7 Å². The quantitative estimate of drug-likeness (QED) is 0.738. The standard InChI is InChI=1S/C15H13N3O3S/c1-21-13-9-7-12(8-10-13)15-16-11-18(17-15)22(19,20)14-5-3-2-4-6-14/h2-11H,1H3. The fraction of sp³-hybridized carbons (Fsp3) is 0.0667. The molecule has 7 heteroatoms. The summed E-state index contributed by atoms with van der Waals surface area (Å²) in [5, 5.41) is 4.06. The number of aromatic nitrogens is 3. The molecule has 112 valence electrons. The molecule has 3 aromatic rings. The van der Waals surface area contributed by atoms with Crippen LogP contribution in [0, 0.1) is 0 Å². The van der Waals surface area contributed by atoms with Crippen LogP contribution in [0.15, 0.2) is 65.8 Å². The van der Waals surface area contributed by atoms with Crippen molar-refractivity contribution in [2.24, 2.45) is 0 Å². The van der Waals surface area contributed by atoms with Gasteiger partial charge in [0.1, 0.15) is 12.1 Å². The van der Waals surface area contributed by atoms with Gasteiger partial charge in [0, 0.05) is 5.56 Å². The van der Waals surface area contributed by atoms with Crippen molar-refractivity contribution in [3.05, 3.63) is 60.9 Å². The molecule has 22 heavy (non-hydrogen) atoms. The maximum Gasteiger partial charge on any atom is 0.284 e. The van der Waals surface area contributed by atoms with E-state index in [0.717, 1.165) is 4.09 Å². The zero-order valence-corrected chi connectivity index (χ0v) is 12.6. The van der Waals surface area contributed by atoms with E-state index in [1.807, 2.05) is 0 Å². The van der Waals surface area contributed by atoms with Gasteiger partial charge in [0.05, 0.1) is 12.0 Å². The van der Waals surface area contributed by atoms with Gasteiger partial charge in [0.2, 0.25) is 0 Å². The summed E-state index contributed by atoms with van der Waals surface area (Å²) in [7, 11) is -2.14. The van der Waals surface area contributed by atoms with Crippen LogP contribution in [0.25, 0.3) is 11.4 Å². The molecule has 0 fully saturated rings. The van der Waals surface area contributed by atoms with Crippen molar-refractivity contribution >= 4 is 10.0 Å². The van der Waals surface area contributed by atoms with Crippen LogP contribution in [-0.2, 0) is 10.0 Å². The summed E-state index contributed by atoms with van der Waals surface area (Å²) in [6, 6.07) is 15.2. The lowest BCUT2D eigenvalue weighted by atomic mass is 10.2. The molecule has 0 atom stereocenters. The minimum absolute atomic E-state index is 0.168. The molecule has 0 radical (unpaired) electrons. The molecule has 0 saturated heterocycles. The average molecular weight is 315 g/mol. The van der Waals surface area contributed by atoms with Crippen molar-refractivity contribution in [2.75, 3.05) is 7.11 Å². The molecular weight excluding hydrogens is 302 g/mol. The summed E-state index contributed by atoms with van der Waals surface area (Å²) in [5.74, 6) is 1.04. The number of benzene rings is 2. The van der Waals surface area contributed by atoms with Crippen LogP contribution in [0.3, 0.4) is 0 Å². The normalized spacial score (nSPS) is 11.3. The van der Waals surface area contributed by atoms with E-state index >= 15 is 0 Å². The van der Waals surface area contributed by atoms with Gasteiger partial charge in [-0.1, -0.05) is 18.2 Å². The topological polar surface area (TPSA) is 74.1 Å². The summed E-state index contributed by atoms with van der Waals surface area (Å²) in [6.07, 6.45) is 1.20. The Balaban J connectivity index is 1.96. The summed E-state index contributed by atoms with van der Waals surface area (Å²) in [6.45, 7) is 0. The molecule has 0 N–H and O–H groups in total. The highest BCUT2D eigenvalue weighted by Gasteiger charge is 2.18. The molecular formula is C15H13N3O3S. The zero-order chi connectivity index (χ0) is 15.6. The first kappa shape index (κ1) is 14.3. The van der Waals surface area contributed by atoms with E-state index in [2.05, 4.69) is 10.1 Å². The van der Waals surface area contributed by atoms with Crippen LogP contribution < -0.4 is 4.74 Å². The highest BCUT2D eigenvalue weighted by Crippen LogP contribution is 2.20. The highest BCUT2D eigenvalue weighted by molar-refractivity contribution is 7.89. The molecule has 6 nitrogen and oxygen atoms in total. The molecule has 0 aliphatic rings. The maximum atomic E-state index is 12.4. The number of hydrogen-bond donors (Lipinski definition) is 0. The Bertz CT molecular complexity index is 872. The first-order valence-corrected chi connectivity index (χ1v) is 7.92. The monoisotopic (exact) mass is 315 g/mol. The zero-order valence-electron chi connectivity index (χ0n) is 11.7. The lowest BCUT2D eigenvalue weighted by Crippen LogP contribution is -2.13. The second-order valence-corrected chi connectivity index (χ2v) is 6.28. The first-order chi connectivity index (χ1) is 10.6. The van der Waals surface area contributed by atoms with Crippen molar-refractivity contribution in [1.82, 2.24) is 14.2 Å². The molecule has 0 bridgehead atoms. The van der Waals surface area contributed by atoms with E-state index < -0.39 is 10.0 Å². The van der Waals surface area contributed by atoms with Crippen LogP contribution in [0.1, 0.15) is 0 Å². The SMILES string of the molecule is COc1ccc(-c2ncn(S(=O)(=O)c3ccccc3)n2)cc1. The molecule has 0 aliphatic carbocycles. The van der Waals surface area contributed by atoms with E-state index in [1.54, 1.807) is 49.6 Å². The van der Waals surface area contributed by atoms with Gasteiger partial charge in [-0.15, -0.1) is 9.19 Å². The van der Waals surface area contributed by atoms with Crippen molar-refractivity contribution in [1.29, 1.82) is 0 Å². The number of hydrogen-bond acceptors (Lipinski definition) is 5. The van der Waals surface area contributed by atoms with Crippen molar-refractivity contribution in [2.45, 2.75) is 4.90 Å². The summed E-state index contributed by atoms with van der Waals surface area (Å²) in [4.78, 5) is 4.23. The van der Waals surface area contributed by atoms with Crippen LogP contribution >= 0.6 is 0 Å². The predicted molar refractivity (Wildman–Crippen MR) is 81.0 cm³/mol. The molecule has 0 saturated carbocycles. The third-order valence-corrected chi connectivity index (χ3v) is 4.64. The molecule has 0 spiro atoms. The Labute approximate surface area is 128 Å². The van der Waals surface area contributed by atoms with Gasteiger partial charge in [-0.25, -0.2) is 4.98 Å². The predicted octanol–water partition coefficient (Wildman–Crippen LogP) is 2.19. The van der Waals surface area contributed by atoms with Gasteiger partial charge in [0.15, 0.2) is 5.82 Å². The lowest BCUT2D eigenvalue weighted by Gasteiger charge is -2.03. The molecule has 0 amide bonds. The molecule has 0 unspecified atom stereocenters. The van der Waals surface area contributed by atoms with E-state index in [1.165, 1.54) is 18.5 Å². The Kier molecular flexibility index (Phi) is 3.64. The second-order valence-electron chi connectivity index (χ2n) is 4.49. The smallest absolute Gasteiger partial charge is 0.284 e. The van der Waals surface area contributed by atoms with E-state index in [9.17, 15) is 8.42 Å². The van der Waals surface area contributed by atoms with E-state index in [0.29, 0.717) is 17.1 Å². The van der Waals surface area contributed by atoms with E-state index in [4.69, 9.17) is 4.74 Å². The summed E-state index contributed by atoms with van der Waals surface area (Å²) >= 11 is 0. The van der Waals surface area contributed by atoms with Crippen molar-refractivity contribution in [3.8, 4) is 17.1 Å². The van der Waals surface area contributed by atoms with Crippen LogP contribution in [0.5, 0.6) is 5.75 Å². The van der Waals surface area contributed by atoms with Crippen LogP contribution in [0.2, 0.25) is 0 Å². The molecule has 1 heterocycles. The lowest BCUT2D eigenvalue weighted by molar-refractivity contribution is 0.415. The number of methoxy groups -OCH3 is 1. The Morgan fingerprint density at radius 2 is 1.68 bits per heavy atom. The Hall–Kier alpha value is -2.67. The van der Waals surface area contributed by atoms with Gasteiger partial charge in [-0.3, -0.25) is 0 Å². The van der Waals surface area contributed by atoms with E-state index in [-0.39, 0.29) is 4.90 Å². The second kappa shape index (κ2) is 5.61. The molecule has 3 rings (SSSR count). The minimum atomic E-state index is -3.72. The summed E-state index contributed by atoms with van der Waals surface area (Å²) in [5.41, 5.74) is 0.711. The third kappa shape index (κ3) is 2.58. The minimum Gasteiger partial charge on any atom is -0.497 e. The van der Waals surface area contributed by atoms with Crippen molar-refractivity contribution < 1.29 is 13.2 Å². The van der Waals surface area contributed by atoms with Gasteiger partial charge in [-0.05, 0) is 36.4 Å². The number of ether oxygens (including phenoxy) is 1. The Morgan fingerprint density at radius 1 is 1.00 bits per heavy atom. The molecule has 2 aromatic carbocycles. The fourth-order valence-corrected chi connectivity index (χ4v) is 3.01. The number of rotatable bonds is 4. The van der Waals surface area contributed by atoms with Gasteiger partial charge < -0.3 is 4.74 Å². The van der Waals surface area contributed by atoms with Crippen LogP contribution in [0.4, 0.5) is 0 Å². The number of nitrogens with zero attached hydrogens (tertiary/aromatic N) is 3. The maximum absolute atomic E-state index is 12.4. The highest BCUT2D eigenvalue weighted by atomic mass is 32.2. The summed E-state index contributed by atoms with van der Waals surface area (Å²) < 4.78 is 30.8. The fourth-order valence-electron chi connectivity index (χ4n) is 1.94. The molecule has 1 aromatic heterocycles. The van der Waals surface area contributed by atoms with Gasteiger partial charge in [0.25, 0.3) is 10.0 Å². The van der Waals surface area contributed by atoms with Crippen molar-refractivity contribution in [3.63, 3.8) is 0 Å².